The van der Waals surface area contributed by atoms with E-state index in [1.54, 1.807) is 23.9 Å². The van der Waals surface area contributed by atoms with E-state index in [0.29, 0.717) is 17.7 Å². The number of thioether (sulfide) groups is 1. The second-order valence-electron chi connectivity index (χ2n) is 5.35. The fraction of sp³-hybridized carbons (Fsp3) is 0.333. The van der Waals surface area contributed by atoms with Crippen molar-refractivity contribution in [2.75, 3.05) is 18.1 Å². The van der Waals surface area contributed by atoms with Crippen LogP contribution in [-0.4, -0.2) is 28.9 Å². The van der Waals surface area contributed by atoms with E-state index in [1.807, 2.05) is 32.0 Å². The molecule has 0 unspecified atom stereocenters. The summed E-state index contributed by atoms with van der Waals surface area (Å²) in [6.07, 6.45) is 0. The van der Waals surface area contributed by atoms with Gasteiger partial charge in [-0.2, -0.15) is 11.8 Å². The first-order chi connectivity index (χ1) is 11.0. The molecule has 0 bridgehead atoms. The number of aromatic nitrogens is 1. The Labute approximate surface area is 140 Å². The maximum Gasteiger partial charge on any atom is 0.256 e. The first-order valence-corrected chi connectivity index (χ1v) is 8.85. The van der Waals surface area contributed by atoms with Gasteiger partial charge in [0.05, 0.1) is 0 Å². The van der Waals surface area contributed by atoms with E-state index in [-0.39, 0.29) is 11.5 Å². The Kier molecular flexibility index (Phi) is 6.04. The summed E-state index contributed by atoms with van der Waals surface area (Å²) in [6.45, 7) is 6.60. The molecule has 1 heterocycles. The number of benzene rings is 1. The molecule has 0 aliphatic carbocycles. The van der Waals surface area contributed by atoms with Crippen LogP contribution < -0.4 is 10.9 Å². The highest BCUT2D eigenvalue weighted by atomic mass is 32.2. The number of amides is 1. The Balaban J connectivity index is 2.12. The number of hydrogen-bond acceptors (Lipinski definition) is 3. The molecule has 23 heavy (non-hydrogen) atoms. The highest BCUT2D eigenvalue weighted by Crippen LogP contribution is 2.18. The molecule has 0 saturated heterocycles. The van der Waals surface area contributed by atoms with Crippen LogP contribution in [0.5, 0.6) is 0 Å². The van der Waals surface area contributed by atoms with Crippen LogP contribution in [0.15, 0.2) is 35.1 Å². The second kappa shape index (κ2) is 8.02. The second-order valence-corrected chi connectivity index (χ2v) is 6.74. The van der Waals surface area contributed by atoms with Crippen molar-refractivity contribution in [1.29, 1.82) is 0 Å². The maximum atomic E-state index is 12.1. The number of rotatable bonds is 6. The molecule has 1 aromatic carbocycles. The first kappa shape index (κ1) is 17.3. The van der Waals surface area contributed by atoms with Crippen LogP contribution in [-0.2, 0) is 0 Å². The largest absolute Gasteiger partial charge is 0.351 e. The third-order valence-corrected chi connectivity index (χ3v) is 4.59. The number of pyridine rings is 1. The number of nitrogens with one attached hydrogen (secondary N) is 2. The molecule has 0 atom stereocenters. The number of aromatic amines is 1. The highest BCUT2D eigenvalue weighted by molar-refractivity contribution is 7.99. The lowest BCUT2D eigenvalue weighted by atomic mass is 10.0. The molecule has 0 fully saturated rings. The monoisotopic (exact) mass is 330 g/mol. The van der Waals surface area contributed by atoms with Crippen LogP contribution in [0.3, 0.4) is 0 Å². The van der Waals surface area contributed by atoms with Crippen LogP contribution >= 0.6 is 11.8 Å². The molecule has 0 saturated carbocycles. The molecule has 2 rings (SSSR count). The summed E-state index contributed by atoms with van der Waals surface area (Å²) in [5.41, 5.74) is 3.85. The molecule has 0 spiro atoms. The van der Waals surface area contributed by atoms with Gasteiger partial charge in [0.25, 0.3) is 11.5 Å². The summed E-state index contributed by atoms with van der Waals surface area (Å²) in [5.74, 6) is 1.88. The van der Waals surface area contributed by atoms with Crippen LogP contribution in [0.1, 0.15) is 28.5 Å². The van der Waals surface area contributed by atoms with Crippen molar-refractivity contribution >= 4 is 17.7 Å². The average Bonchev–Trinajstić information content (AvgIpc) is 2.55. The first-order valence-electron chi connectivity index (χ1n) is 7.69. The van der Waals surface area contributed by atoms with Crippen molar-refractivity contribution in [2.45, 2.75) is 20.8 Å². The van der Waals surface area contributed by atoms with Gasteiger partial charge >= 0.3 is 0 Å². The predicted molar refractivity (Wildman–Crippen MR) is 97.3 cm³/mol. The van der Waals surface area contributed by atoms with Gasteiger partial charge in [-0.3, -0.25) is 9.59 Å². The lowest BCUT2D eigenvalue weighted by Gasteiger charge is -2.07. The van der Waals surface area contributed by atoms with Crippen molar-refractivity contribution < 1.29 is 4.79 Å². The lowest BCUT2D eigenvalue weighted by Crippen LogP contribution is -2.25. The molecule has 0 aliphatic heterocycles. The summed E-state index contributed by atoms with van der Waals surface area (Å²) in [7, 11) is 0. The number of carbonyl (C=O) groups is 1. The summed E-state index contributed by atoms with van der Waals surface area (Å²) in [6, 6.07) is 9.02. The Morgan fingerprint density at radius 3 is 2.57 bits per heavy atom. The van der Waals surface area contributed by atoms with E-state index >= 15 is 0 Å². The number of hydrogen-bond donors (Lipinski definition) is 2. The molecule has 5 heteroatoms. The standard InChI is InChI=1S/C18H22N2O2S/c1-4-23-10-9-19-17(21)15-7-5-14(6-8-15)16-11-12(2)13(3)20-18(16)22/h5-8,11H,4,9-10H2,1-3H3,(H,19,21)(H,20,22). The number of H-pyrrole nitrogens is 1. The molecular formula is C18H22N2O2S. The Morgan fingerprint density at radius 1 is 1.22 bits per heavy atom. The van der Waals surface area contributed by atoms with Crippen molar-refractivity contribution in [1.82, 2.24) is 10.3 Å². The Hall–Kier alpha value is -2.01. The van der Waals surface area contributed by atoms with E-state index in [4.69, 9.17) is 0 Å². The van der Waals surface area contributed by atoms with Gasteiger partial charge in [-0.15, -0.1) is 0 Å². The van der Waals surface area contributed by atoms with Crippen molar-refractivity contribution in [3.8, 4) is 11.1 Å². The molecule has 4 nitrogen and oxygen atoms in total. The van der Waals surface area contributed by atoms with Gasteiger partial charge in [-0.1, -0.05) is 19.1 Å². The smallest absolute Gasteiger partial charge is 0.256 e. The Bertz CT molecular complexity index is 736. The third kappa shape index (κ3) is 4.48. The van der Waals surface area contributed by atoms with E-state index < -0.39 is 0 Å². The molecule has 0 radical (unpaired) electrons. The van der Waals surface area contributed by atoms with Crippen molar-refractivity contribution in [3.63, 3.8) is 0 Å². The number of carbonyl (C=O) groups excluding carboxylic acids is 1. The molecule has 122 valence electrons. The van der Waals surface area contributed by atoms with Gasteiger partial charge in [0, 0.05) is 29.1 Å². The SMILES string of the molecule is CCSCCNC(=O)c1ccc(-c2cc(C)c(C)[nH]c2=O)cc1. The van der Waals surface area contributed by atoms with Crippen LogP contribution in [0.4, 0.5) is 0 Å². The normalized spacial score (nSPS) is 10.6. The zero-order valence-electron chi connectivity index (χ0n) is 13.7. The van der Waals surface area contributed by atoms with E-state index in [0.717, 1.165) is 28.3 Å². The third-order valence-electron chi connectivity index (χ3n) is 3.69. The number of aryl methyl sites for hydroxylation is 2. The quantitative estimate of drug-likeness (QED) is 0.800. The minimum Gasteiger partial charge on any atom is -0.351 e. The zero-order chi connectivity index (χ0) is 16.8. The van der Waals surface area contributed by atoms with Crippen molar-refractivity contribution in [3.05, 3.63) is 57.5 Å². The molecule has 1 amide bonds. The van der Waals surface area contributed by atoms with Crippen LogP contribution in [0, 0.1) is 13.8 Å². The fourth-order valence-electron chi connectivity index (χ4n) is 2.23. The molecule has 2 aromatic rings. The molecule has 2 N–H and O–H groups in total. The Morgan fingerprint density at radius 2 is 1.91 bits per heavy atom. The van der Waals surface area contributed by atoms with Crippen molar-refractivity contribution in [2.24, 2.45) is 0 Å². The summed E-state index contributed by atoms with van der Waals surface area (Å²) < 4.78 is 0. The van der Waals surface area contributed by atoms with Crippen LogP contribution in [0.2, 0.25) is 0 Å². The highest BCUT2D eigenvalue weighted by Gasteiger charge is 2.08. The van der Waals surface area contributed by atoms with E-state index in [1.165, 1.54) is 0 Å². The summed E-state index contributed by atoms with van der Waals surface area (Å²) >= 11 is 1.80. The summed E-state index contributed by atoms with van der Waals surface area (Å²) in [4.78, 5) is 27.0. The maximum absolute atomic E-state index is 12.1. The fourth-order valence-corrected chi connectivity index (χ4v) is 2.76. The van der Waals surface area contributed by atoms with Gasteiger partial charge in [-0.05, 0) is 48.9 Å². The van der Waals surface area contributed by atoms with E-state index in [2.05, 4.69) is 17.2 Å². The lowest BCUT2D eigenvalue weighted by molar-refractivity contribution is 0.0956. The van der Waals surface area contributed by atoms with Gasteiger partial charge in [0.2, 0.25) is 0 Å². The van der Waals surface area contributed by atoms with Gasteiger partial charge in [0.15, 0.2) is 0 Å². The zero-order valence-corrected chi connectivity index (χ0v) is 14.5. The van der Waals surface area contributed by atoms with Gasteiger partial charge in [0.1, 0.15) is 0 Å². The summed E-state index contributed by atoms with van der Waals surface area (Å²) in [5, 5.41) is 2.89. The minimum absolute atomic E-state index is 0.0813. The predicted octanol–water partition coefficient (Wildman–Crippen LogP) is 3.14. The van der Waals surface area contributed by atoms with E-state index in [9.17, 15) is 9.59 Å². The molecule has 0 aliphatic rings. The van der Waals surface area contributed by atoms with Crippen LogP contribution in [0.25, 0.3) is 11.1 Å². The van der Waals surface area contributed by atoms with Gasteiger partial charge < -0.3 is 10.3 Å². The minimum atomic E-state index is -0.109. The molecule has 1 aromatic heterocycles. The van der Waals surface area contributed by atoms with Gasteiger partial charge in [-0.25, -0.2) is 0 Å². The average molecular weight is 330 g/mol. The topological polar surface area (TPSA) is 62.0 Å². The molecular weight excluding hydrogens is 308 g/mol.